The molecule has 3 aliphatic rings. The lowest BCUT2D eigenvalue weighted by Gasteiger charge is -2.33. The van der Waals surface area contributed by atoms with Gasteiger partial charge in [0, 0.05) is 32.1 Å². The van der Waals surface area contributed by atoms with Crippen molar-refractivity contribution in [2.75, 3.05) is 18.0 Å². The molecule has 0 bridgehead atoms. The van der Waals surface area contributed by atoms with Gasteiger partial charge in [-0.1, -0.05) is 32.1 Å². The largest absolute Gasteiger partial charge is 0.354 e. The molecule has 0 aromatic carbocycles. The van der Waals surface area contributed by atoms with Crippen molar-refractivity contribution in [3.63, 3.8) is 0 Å². The highest BCUT2D eigenvalue weighted by Gasteiger charge is 2.30. The molecule has 2 aromatic heterocycles. The first-order valence-corrected chi connectivity index (χ1v) is 12.0. The number of fused-ring (bicyclic) bond motifs is 3. The lowest BCUT2D eigenvalue weighted by atomic mass is 9.96. The first-order chi connectivity index (χ1) is 14.8. The van der Waals surface area contributed by atoms with Crippen LogP contribution in [0.3, 0.4) is 0 Å². The van der Waals surface area contributed by atoms with Crippen molar-refractivity contribution in [2.24, 2.45) is 5.92 Å². The molecule has 7 heteroatoms. The summed E-state index contributed by atoms with van der Waals surface area (Å²) in [5.74, 6) is 2.32. The number of carbonyl (C=O) groups is 1. The zero-order chi connectivity index (χ0) is 20.3. The topological polar surface area (TPSA) is 75.9 Å². The van der Waals surface area contributed by atoms with E-state index in [1.54, 1.807) is 6.33 Å². The highest BCUT2D eigenvalue weighted by Crippen LogP contribution is 2.29. The summed E-state index contributed by atoms with van der Waals surface area (Å²) < 4.78 is 2.29. The second kappa shape index (κ2) is 8.90. The van der Waals surface area contributed by atoms with Crippen LogP contribution in [0.1, 0.15) is 76.5 Å². The quantitative estimate of drug-likeness (QED) is 0.783. The molecule has 162 valence electrons. The highest BCUT2D eigenvalue weighted by atomic mass is 16.2. The van der Waals surface area contributed by atoms with Crippen molar-refractivity contribution in [1.29, 1.82) is 0 Å². The molecule has 1 saturated heterocycles. The van der Waals surface area contributed by atoms with Gasteiger partial charge in [0.15, 0.2) is 17.0 Å². The third-order valence-electron chi connectivity index (χ3n) is 7.17. The van der Waals surface area contributed by atoms with Crippen LogP contribution in [-0.2, 0) is 17.8 Å². The van der Waals surface area contributed by atoms with E-state index in [0.717, 1.165) is 74.5 Å². The Balaban J connectivity index is 1.33. The number of amides is 1. The molecule has 1 aliphatic carbocycles. The summed E-state index contributed by atoms with van der Waals surface area (Å²) >= 11 is 0. The third kappa shape index (κ3) is 4.03. The third-order valence-corrected chi connectivity index (χ3v) is 7.17. The van der Waals surface area contributed by atoms with Gasteiger partial charge in [-0.05, 0) is 38.5 Å². The fraction of sp³-hybridized carbons (Fsp3) is 0.739. The van der Waals surface area contributed by atoms with E-state index in [4.69, 9.17) is 4.98 Å². The molecule has 1 saturated carbocycles. The predicted octanol–water partition coefficient (Wildman–Crippen LogP) is 3.61. The first kappa shape index (κ1) is 19.8. The fourth-order valence-corrected chi connectivity index (χ4v) is 5.48. The summed E-state index contributed by atoms with van der Waals surface area (Å²) in [7, 11) is 0. The molecule has 1 atom stereocenters. The van der Waals surface area contributed by atoms with Crippen LogP contribution in [0.2, 0.25) is 0 Å². The van der Waals surface area contributed by atoms with Gasteiger partial charge >= 0.3 is 0 Å². The van der Waals surface area contributed by atoms with E-state index in [-0.39, 0.29) is 11.8 Å². The molecule has 1 amide bonds. The lowest BCUT2D eigenvalue weighted by molar-refractivity contribution is -0.126. The summed E-state index contributed by atoms with van der Waals surface area (Å²) in [5, 5.41) is 3.37. The Morgan fingerprint density at radius 3 is 2.63 bits per heavy atom. The van der Waals surface area contributed by atoms with E-state index in [9.17, 15) is 4.79 Å². The van der Waals surface area contributed by atoms with Gasteiger partial charge in [-0.15, -0.1) is 0 Å². The van der Waals surface area contributed by atoms with Crippen molar-refractivity contribution in [3.05, 3.63) is 12.2 Å². The highest BCUT2D eigenvalue weighted by molar-refractivity contribution is 5.85. The molecule has 0 radical (unpaired) electrons. The maximum absolute atomic E-state index is 13.0. The van der Waals surface area contributed by atoms with E-state index in [0.29, 0.717) is 6.04 Å². The van der Waals surface area contributed by atoms with Crippen LogP contribution in [0.25, 0.3) is 11.2 Å². The number of carbonyl (C=O) groups excluding carboxylic acids is 1. The Hall–Kier alpha value is -2.18. The zero-order valence-corrected chi connectivity index (χ0v) is 18.0. The number of nitrogens with zero attached hydrogens (tertiary/aromatic N) is 5. The first-order valence-electron chi connectivity index (χ1n) is 12.0. The van der Waals surface area contributed by atoms with Crippen LogP contribution < -0.4 is 10.2 Å². The molecule has 2 aliphatic heterocycles. The number of hydrogen-bond acceptors (Lipinski definition) is 5. The van der Waals surface area contributed by atoms with E-state index < -0.39 is 0 Å². The molecular formula is C23H34N6O. The van der Waals surface area contributed by atoms with Crippen LogP contribution in [0, 0.1) is 5.92 Å². The van der Waals surface area contributed by atoms with Crippen molar-refractivity contribution in [1.82, 2.24) is 24.8 Å². The van der Waals surface area contributed by atoms with Gasteiger partial charge < -0.3 is 14.8 Å². The number of hydrogen-bond donors (Lipinski definition) is 1. The lowest BCUT2D eigenvalue weighted by Crippen LogP contribution is -2.46. The Morgan fingerprint density at radius 1 is 0.933 bits per heavy atom. The van der Waals surface area contributed by atoms with Crippen molar-refractivity contribution in [3.8, 4) is 0 Å². The standard InChI is InChI=1S/C23H34N6O/c30-23(26-18-10-4-1-2-5-11-18)17-9-8-13-28(15-17)21-20-22(25-16-24-21)29-14-7-3-6-12-19(29)27-20/h16-18H,1-15H2,(H,26,30)/t17-/m1/s1. The maximum Gasteiger partial charge on any atom is 0.225 e. The molecule has 7 nitrogen and oxygen atoms in total. The molecule has 2 aromatic rings. The summed E-state index contributed by atoms with van der Waals surface area (Å²) in [4.78, 5) is 29.5. The summed E-state index contributed by atoms with van der Waals surface area (Å²) in [5.41, 5.74) is 1.88. The SMILES string of the molecule is O=C(NC1CCCCCC1)[C@@H]1CCCN(c2ncnc3c2nc2n3CCCCC2)C1. The number of aryl methyl sites for hydroxylation is 2. The van der Waals surface area contributed by atoms with E-state index >= 15 is 0 Å². The maximum atomic E-state index is 13.0. The number of nitrogens with one attached hydrogen (secondary N) is 1. The Bertz CT molecular complexity index is 885. The Kier molecular flexibility index (Phi) is 5.86. The van der Waals surface area contributed by atoms with E-state index in [1.165, 1.54) is 44.9 Å². The van der Waals surface area contributed by atoms with Crippen molar-refractivity contribution in [2.45, 2.75) is 89.6 Å². The predicted molar refractivity (Wildman–Crippen MR) is 117 cm³/mol. The molecular weight excluding hydrogens is 376 g/mol. The second-order valence-corrected chi connectivity index (χ2v) is 9.34. The number of imidazole rings is 1. The molecule has 1 N–H and O–H groups in total. The smallest absolute Gasteiger partial charge is 0.225 e. The molecule has 0 spiro atoms. The number of anilines is 1. The van der Waals surface area contributed by atoms with Crippen LogP contribution >= 0.6 is 0 Å². The fourth-order valence-electron chi connectivity index (χ4n) is 5.48. The van der Waals surface area contributed by atoms with Crippen LogP contribution in [-0.4, -0.2) is 44.6 Å². The minimum atomic E-state index is 0.0347. The average molecular weight is 411 g/mol. The molecule has 30 heavy (non-hydrogen) atoms. The number of rotatable bonds is 3. The van der Waals surface area contributed by atoms with Gasteiger partial charge in [-0.3, -0.25) is 4.79 Å². The monoisotopic (exact) mass is 410 g/mol. The van der Waals surface area contributed by atoms with Crippen LogP contribution in [0.5, 0.6) is 0 Å². The van der Waals surface area contributed by atoms with Gasteiger partial charge in [0.25, 0.3) is 0 Å². The Labute approximate surface area is 178 Å². The summed E-state index contributed by atoms with van der Waals surface area (Å²) in [6, 6.07) is 0.366. The van der Waals surface area contributed by atoms with Gasteiger partial charge in [-0.25, -0.2) is 15.0 Å². The number of aromatic nitrogens is 4. The van der Waals surface area contributed by atoms with Gasteiger partial charge in [0.2, 0.25) is 5.91 Å². The zero-order valence-electron chi connectivity index (χ0n) is 18.0. The minimum absolute atomic E-state index is 0.0347. The second-order valence-electron chi connectivity index (χ2n) is 9.34. The molecule has 4 heterocycles. The summed E-state index contributed by atoms with van der Waals surface area (Å²) in [6.45, 7) is 2.66. The van der Waals surface area contributed by atoms with Crippen molar-refractivity contribution >= 4 is 22.9 Å². The van der Waals surface area contributed by atoms with Gasteiger partial charge in [0.1, 0.15) is 12.2 Å². The van der Waals surface area contributed by atoms with Gasteiger partial charge in [0.05, 0.1) is 5.92 Å². The Morgan fingerprint density at radius 2 is 1.77 bits per heavy atom. The van der Waals surface area contributed by atoms with Crippen LogP contribution in [0.4, 0.5) is 5.82 Å². The van der Waals surface area contributed by atoms with E-state index in [1.807, 2.05) is 0 Å². The van der Waals surface area contributed by atoms with Crippen molar-refractivity contribution < 1.29 is 4.79 Å². The molecule has 0 unspecified atom stereocenters. The van der Waals surface area contributed by atoms with E-state index in [2.05, 4.69) is 24.8 Å². The molecule has 5 rings (SSSR count). The summed E-state index contributed by atoms with van der Waals surface area (Å²) in [6.07, 6.45) is 15.7. The number of piperidine rings is 1. The van der Waals surface area contributed by atoms with Gasteiger partial charge in [-0.2, -0.15) is 0 Å². The minimum Gasteiger partial charge on any atom is -0.354 e. The molecule has 2 fully saturated rings. The van der Waals surface area contributed by atoms with Crippen LogP contribution in [0.15, 0.2) is 6.33 Å². The average Bonchev–Trinajstić information content (AvgIpc) is 2.96. The normalized spacial score (nSPS) is 23.6.